The fourth-order valence-electron chi connectivity index (χ4n) is 9.53. The van der Waals surface area contributed by atoms with Crippen molar-refractivity contribution in [2.75, 3.05) is 0 Å². The average molecular weight is 713 g/mol. The summed E-state index contributed by atoms with van der Waals surface area (Å²) in [4.78, 5) is 0. The zero-order chi connectivity index (χ0) is 36.1. The molecule has 0 spiro atoms. The molecule has 4 aliphatic heterocycles. The molecule has 0 amide bonds. The topological polar surface area (TPSA) is 53.4 Å². The molecule has 7 heteroatoms. The van der Waals surface area contributed by atoms with Crippen LogP contribution in [0.5, 0.6) is 11.5 Å². The normalized spacial score (nSPS) is 20.0. The van der Waals surface area contributed by atoms with Gasteiger partial charge in [0.25, 0.3) is 6.71 Å². The Morgan fingerprint density at radius 2 is 0.964 bits per heavy atom. The predicted octanol–water partition coefficient (Wildman–Crippen LogP) is 8.61. The van der Waals surface area contributed by atoms with Crippen LogP contribution >= 0.6 is 0 Å². The van der Waals surface area contributed by atoms with Crippen LogP contribution in [0.25, 0.3) is 77.2 Å². The number of aromatic nitrogens is 2. The molecule has 2 fully saturated rings. The van der Waals surface area contributed by atoms with Gasteiger partial charge in [0.15, 0.2) is 0 Å². The van der Waals surface area contributed by atoms with Gasteiger partial charge in [0.2, 0.25) is 12.6 Å². The molecule has 2 saturated heterocycles. The number of fused-ring (bicyclic) bond motifs is 10. The van der Waals surface area contributed by atoms with Crippen LogP contribution in [0.4, 0.5) is 0 Å². The van der Waals surface area contributed by atoms with Crippen molar-refractivity contribution in [3.63, 3.8) is 0 Å². The molecule has 0 N–H and O–H groups in total. The summed E-state index contributed by atoms with van der Waals surface area (Å²) in [6, 6.07) is 51.3. The first-order valence-corrected chi connectivity index (χ1v) is 19.2. The second-order valence-electron chi connectivity index (χ2n) is 15.5. The van der Waals surface area contributed by atoms with Gasteiger partial charge in [-0.2, -0.15) is 0 Å². The molecule has 9 aromatic rings. The first-order chi connectivity index (χ1) is 27.1. The second-order valence-corrected chi connectivity index (χ2v) is 15.5. The van der Waals surface area contributed by atoms with Gasteiger partial charge in [0.1, 0.15) is 23.7 Å². The first kappa shape index (κ1) is 30.1. The number of nitrogens with zero attached hydrogens (tertiary/aromatic N) is 2. The zero-order valence-corrected chi connectivity index (χ0v) is 30.2. The molecule has 2 aromatic heterocycles. The maximum atomic E-state index is 6.04. The molecule has 13 rings (SSSR count). The summed E-state index contributed by atoms with van der Waals surface area (Å²) in [7, 11) is 0. The van der Waals surface area contributed by atoms with Crippen LogP contribution in [0.3, 0.4) is 0 Å². The number of hydrogen-bond donors (Lipinski definition) is 0. The Morgan fingerprint density at radius 1 is 0.473 bits per heavy atom. The minimum Gasteiger partial charge on any atom is -0.462 e. The number of epoxide rings is 2. The molecule has 4 atom stereocenters. The van der Waals surface area contributed by atoms with E-state index in [2.05, 4.69) is 149 Å². The summed E-state index contributed by atoms with van der Waals surface area (Å²) in [6.45, 7) is 4.10. The summed E-state index contributed by atoms with van der Waals surface area (Å²) in [5.41, 5.74) is 16.1. The van der Waals surface area contributed by atoms with Crippen LogP contribution in [-0.4, -0.2) is 40.6 Å². The maximum absolute atomic E-state index is 6.04. The third-order valence-corrected chi connectivity index (χ3v) is 12.2. The quantitative estimate of drug-likeness (QED) is 0.128. The number of benzene rings is 7. The minimum atomic E-state index is -0.162. The predicted molar refractivity (Wildman–Crippen MR) is 221 cm³/mol. The van der Waals surface area contributed by atoms with E-state index in [4.69, 9.17) is 18.9 Å². The fourth-order valence-corrected chi connectivity index (χ4v) is 9.53. The van der Waals surface area contributed by atoms with E-state index < -0.39 is 0 Å². The number of rotatable bonds is 6. The Labute approximate surface area is 317 Å². The third kappa shape index (κ3) is 4.22. The number of ether oxygens (including phenoxy) is 4. The fraction of sp³-hybridized carbons (Fsp3) is 0.125. The monoisotopic (exact) mass is 712 g/mol. The third-order valence-electron chi connectivity index (χ3n) is 12.2. The smallest absolute Gasteiger partial charge is 0.252 e. The van der Waals surface area contributed by atoms with Gasteiger partial charge in [-0.05, 0) is 107 Å². The van der Waals surface area contributed by atoms with Crippen LogP contribution in [-0.2, 0) is 9.47 Å². The van der Waals surface area contributed by atoms with Crippen LogP contribution in [0, 0.1) is 0 Å². The molecule has 0 saturated carbocycles. The van der Waals surface area contributed by atoms with Gasteiger partial charge in [-0.25, -0.2) is 0 Å². The van der Waals surface area contributed by atoms with Crippen molar-refractivity contribution < 1.29 is 18.9 Å². The number of para-hydroxylation sites is 3. The highest BCUT2D eigenvalue weighted by atomic mass is 16.8. The van der Waals surface area contributed by atoms with Gasteiger partial charge < -0.3 is 28.1 Å². The molecule has 4 aliphatic rings. The molecule has 7 aromatic carbocycles. The maximum Gasteiger partial charge on any atom is 0.252 e. The lowest BCUT2D eigenvalue weighted by molar-refractivity contribution is 0.178. The van der Waals surface area contributed by atoms with Crippen molar-refractivity contribution in [1.82, 2.24) is 9.13 Å². The lowest BCUT2D eigenvalue weighted by Crippen LogP contribution is -2.59. The zero-order valence-electron chi connectivity index (χ0n) is 30.2. The molecule has 6 heterocycles. The van der Waals surface area contributed by atoms with Crippen molar-refractivity contribution in [3.8, 4) is 45.1 Å². The van der Waals surface area contributed by atoms with Gasteiger partial charge in [-0.3, -0.25) is 0 Å². The van der Waals surface area contributed by atoms with Gasteiger partial charge in [-0.15, -0.1) is 0 Å². The van der Waals surface area contributed by atoms with E-state index in [9.17, 15) is 0 Å². The largest absolute Gasteiger partial charge is 0.462 e. The molecule has 55 heavy (non-hydrogen) atoms. The highest BCUT2D eigenvalue weighted by molar-refractivity contribution is 7.00. The van der Waals surface area contributed by atoms with E-state index in [1.54, 1.807) is 0 Å². The molecular formula is C48H33BN2O4. The molecule has 0 bridgehead atoms. The lowest BCUT2D eigenvalue weighted by atomic mass is 9.34. The summed E-state index contributed by atoms with van der Waals surface area (Å²) in [6.07, 6.45) is -0.0416. The Kier molecular flexibility index (Phi) is 5.85. The van der Waals surface area contributed by atoms with E-state index in [1.165, 1.54) is 82.5 Å². The van der Waals surface area contributed by atoms with E-state index >= 15 is 0 Å². The summed E-state index contributed by atoms with van der Waals surface area (Å²) < 4.78 is 28.2. The highest BCUT2D eigenvalue weighted by Gasteiger charge is 2.42. The van der Waals surface area contributed by atoms with Gasteiger partial charge in [0.05, 0.1) is 11.0 Å². The van der Waals surface area contributed by atoms with Crippen molar-refractivity contribution in [1.29, 1.82) is 0 Å². The summed E-state index contributed by atoms with van der Waals surface area (Å²) in [5.74, 6) is 1.65. The van der Waals surface area contributed by atoms with Crippen molar-refractivity contribution in [2.45, 2.75) is 38.6 Å². The van der Waals surface area contributed by atoms with E-state index in [0.29, 0.717) is 0 Å². The van der Waals surface area contributed by atoms with E-state index in [-0.39, 0.29) is 31.5 Å². The first-order valence-electron chi connectivity index (χ1n) is 19.2. The summed E-state index contributed by atoms with van der Waals surface area (Å²) in [5, 5.41) is 5.07. The van der Waals surface area contributed by atoms with Gasteiger partial charge in [-0.1, -0.05) is 84.9 Å². The molecular weight excluding hydrogens is 679 g/mol. The van der Waals surface area contributed by atoms with Crippen molar-refractivity contribution >= 4 is 66.7 Å². The lowest BCUT2D eigenvalue weighted by Gasteiger charge is -2.34. The molecule has 262 valence electrons. The van der Waals surface area contributed by atoms with Crippen molar-refractivity contribution in [3.05, 3.63) is 140 Å². The molecule has 0 radical (unpaired) electrons. The highest BCUT2D eigenvalue weighted by Crippen LogP contribution is 2.42. The average Bonchev–Trinajstić information content (AvgIpc) is 4.03. The number of hydrogen-bond acceptors (Lipinski definition) is 4. The molecule has 4 unspecified atom stereocenters. The Morgan fingerprint density at radius 3 is 1.53 bits per heavy atom. The van der Waals surface area contributed by atoms with Crippen LogP contribution in [0.15, 0.2) is 140 Å². The van der Waals surface area contributed by atoms with E-state index in [1.807, 2.05) is 13.8 Å². The SMILES string of the molecule is CC1OC1Oc1ccc(-c2cc3c4c(c2)-n2c5ccccc5c5cc(-c6ccc(OC7OC7C)cc6)cc(c52)B4c2cccc4c5ccccc5n-3c24)cc1. The van der Waals surface area contributed by atoms with E-state index in [0.717, 1.165) is 22.6 Å². The van der Waals surface area contributed by atoms with Crippen molar-refractivity contribution in [2.24, 2.45) is 0 Å². The molecule has 6 nitrogen and oxygen atoms in total. The van der Waals surface area contributed by atoms with Crippen LogP contribution in [0.2, 0.25) is 0 Å². The molecule has 0 aliphatic carbocycles. The van der Waals surface area contributed by atoms with Crippen LogP contribution < -0.4 is 25.9 Å². The minimum absolute atomic E-state index is 0.0336. The summed E-state index contributed by atoms with van der Waals surface area (Å²) >= 11 is 0. The van der Waals surface area contributed by atoms with Gasteiger partial charge in [0, 0.05) is 44.0 Å². The standard InChI is InChI=1S/C48H33BN2O4/c1-26-47(52-26)54-32-18-14-28(15-19-32)30-22-37-35-9-4-6-13-41(35)51-43-25-31(29-16-20-33(21-17-29)55-48-27(2)53-48)24-42-44(43)49(39(23-30)46(37)51)38-11-7-10-36-34-8-3-5-12-40(34)50(42)45(36)38/h3-27,47-48H,1-2H3. The second kappa shape index (κ2) is 10.7. The van der Waals surface area contributed by atoms with Crippen LogP contribution in [0.1, 0.15) is 13.8 Å². The Bertz CT molecular complexity index is 3110. The Hall–Kier alpha value is -6.28. The van der Waals surface area contributed by atoms with Gasteiger partial charge >= 0.3 is 0 Å². The Balaban J connectivity index is 1.10.